The SMILES string of the molecule is CC(C)=NNc1ccc(OC(F)(F)F)cc1N=O. The van der Waals surface area contributed by atoms with Crippen LogP contribution in [0.15, 0.2) is 28.5 Å². The molecule has 0 atom stereocenters. The molecule has 1 rings (SSSR count). The summed E-state index contributed by atoms with van der Waals surface area (Å²) in [5.74, 6) is -0.514. The highest BCUT2D eigenvalue weighted by molar-refractivity contribution is 5.80. The monoisotopic (exact) mass is 261 g/mol. The van der Waals surface area contributed by atoms with Crippen LogP contribution in [0.3, 0.4) is 0 Å². The molecule has 98 valence electrons. The van der Waals surface area contributed by atoms with Crippen LogP contribution in [0.25, 0.3) is 0 Å². The summed E-state index contributed by atoms with van der Waals surface area (Å²) in [7, 11) is 0. The van der Waals surface area contributed by atoms with Crippen LogP contribution in [0.5, 0.6) is 5.75 Å². The van der Waals surface area contributed by atoms with Crippen molar-refractivity contribution in [2.75, 3.05) is 5.43 Å². The highest BCUT2D eigenvalue weighted by atomic mass is 19.4. The third kappa shape index (κ3) is 4.40. The predicted molar refractivity (Wildman–Crippen MR) is 61.0 cm³/mol. The summed E-state index contributed by atoms with van der Waals surface area (Å²) in [6.45, 7) is 3.42. The number of hydrogen-bond donors (Lipinski definition) is 1. The Balaban J connectivity index is 2.96. The number of ether oxygens (including phenoxy) is 1. The maximum Gasteiger partial charge on any atom is 0.573 e. The molecule has 1 aromatic carbocycles. The van der Waals surface area contributed by atoms with Gasteiger partial charge >= 0.3 is 6.36 Å². The van der Waals surface area contributed by atoms with E-state index in [2.05, 4.69) is 20.4 Å². The Morgan fingerprint density at radius 3 is 2.50 bits per heavy atom. The Kier molecular flexibility index (Phi) is 4.24. The molecule has 0 heterocycles. The molecule has 1 aromatic rings. The zero-order valence-electron chi connectivity index (χ0n) is 9.58. The topological polar surface area (TPSA) is 63.1 Å². The lowest BCUT2D eigenvalue weighted by molar-refractivity contribution is -0.274. The first-order valence-corrected chi connectivity index (χ1v) is 4.82. The molecule has 0 aromatic heterocycles. The quantitative estimate of drug-likeness (QED) is 0.509. The maximum absolute atomic E-state index is 12.0. The lowest BCUT2D eigenvalue weighted by Crippen LogP contribution is -2.17. The van der Waals surface area contributed by atoms with Crippen LogP contribution in [-0.2, 0) is 0 Å². The number of hydrogen-bond acceptors (Lipinski definition) is 5. The number of anilines is 1. The fraction of sp³-hybridized carbons (Fsp3) is 0.300. The van der Waals surface area contributed by atoms with Crippen LogP contribution in [0, 0.1) is 4.91 Å². The number of nitroso groups, excluding NO2 is 1. The Morgan fingerprint density at radius 1 is 1.33 bits per heavy atom. The normalized spacial score (nSPS) is 10.7. The smallest absolute Gasteiger partial charge is 0.406 e. The van der Waals surface area contributed by atoms with Gasteiger partial charge < -0.3 is 4.74 Å². The van der Waals surface area contributed by atoms with Crippen LogP contribution >= 0.6 is 0 Å². The van der Waals surface area contributed by atoms with Crippen molar-refractivity contribution in [3.05, 3.63) is 23.1 Å². The lowest BCUT2D eigenvalue weighted by Gasteiger charge is -2.10. The molecule has 5 nitrogen and oxygen atoms in total. The van der Waals surface area contributed by atoms with E-state index in [-0.39, 0.29) is 11.4 Å². The second-order valence-corrected chi connectivity index (χ2v) is 3.49. The van der Waals surface area contributed by atoms with E-state index < -0.39 is 12.1 Å². The summed E-state index contributed by atoms with van der Waals surface area (Å²) in [4.78, 5) is 10.5. The summed E-state index contributed by atoms with van der Waals surface area (Å²) < 4.78 is 39.6. The van der Waals surface area contributed by atoms with Gasteiger partial charge in [-0.25, -0.2) is 0 Å². The van der Waals surface area contributed by atoms with Gasteiger partial charge in [-0.15, -0.1) is 18.1 Å². The van der Waals surface area contributed by atoms with E-state index in [0.717, 1.165) is 12.1 Å². The van der Waals surface area contributed by atoms with Gasteiger partial charge in [0.15, 0.2) is 0 Å². The number of rotatable bonds is 4. The zero-order valence-corrected chi connectivity index (χ0v) is 9.58. The van der Waals surface area contributed by atoms with Gasteiger partial charge in [0.05, 0.1) is 5.69 Å². The van der Waals surface area contributed by atoms with Crippen molar-refractivity contribution >= 4 is 17.1 Å². The van der Waals surface area contributed by atoms with Crippen LogP contribution < -0.4 is 10.2 Å². The molecule has 0 unspecified atom stereocenters. The van der Waals surface area contributed by atoms with Gasteiger partial charge in [-0.05, 0) is 31.2 Å². The second-order valence-electron chi connectivity index (χ2n) is 3.49. The van der Waals surface area contributed by atoms with Crippen molar-refractivity contribution in [3.63, 3.8) is 0 Å². The summed E-state index contributed by atoms with van der Waals surface area (Å²) in [6.07, 6.45) is -4.81. The Labute approximate surface area is 101 Å². The number of benzene rings is 1. The molecule has 0 fully saturated rings. The first-order valence-electron chi connectivity index (χ1n) is 4.82. The molecular weight excluding hydrogens is 251 g/mol. The van der Waals surface area contributed by atoms with Gasteiger partial charge in [0.1, 0.15) is 11.4 Å². The van der Waals surface area contributed by atoms with Gasteiger partial charge in [0, 0.05) is 11.8 Å². The molecule has 0 radical (unpaired) electrons. The summed E-state index contributed by atoms with van der Waals surface area (Å²) in [5.41, 5.74) is 3.17. The fourth-order valence-corrected chi connectivity index (χ4v) is 1.05. The Bertz CT molecular complexity index is 468. The van der Waals surface area contributed by atoms with E-state index in [1.165, 1.54) is 6.07 Å². The minimum Gasteiger partial charge on any atom is -0.406 e. The highest BCUT2D eigenvalue weighted by Gasteiger charge is 2.31. The summed E-state index contributed by atoms with van der Waals surface area (Å²) in [5, 5.41) is 6.42. The van der Waals surface area contributed by atoms with Crippen molar-refractivity contribution in [2.45, 2.75) is 20.2 Å². The summed E-state index contributed by atoms with van der Waals surface area (Å²) in [6, 6.07) is 3.17. The average molecular weight is 261 g/mol. The molecule has 18 heavy (non-hydrogen) atoms. The molecule has 0 amide bonds. The van der Waals surface area contributed by atoms with E-state index in [1.54, 1.807) is 13.8 Å². The average Bonchev–Trinajstić information content (AvgIpc) is 2.24. The first-order chi connectivity index (χ1) is 8.31. The molecule has 0 spiro atoms. The third-order valence-electron chi connectivity index (χ3n) is 1.70. The lowest BCUT2D eigenvalue weighted by atomic mass is 10.2. The molecule has 8 heteroatoms. The minimum absolute atomic E-state index is 0.195. The Morgan fingerprint density at radius 2 is 2.00 bits per heavy atom. The number of hydrazone groups is 1. The van der Waals surface area contributed by atoms with Crippen LogP contribution in [0.4, 0.5) is 24.5 Å². The molecular formula is C10H10F3N3O2. The Hall–Kier alpha value is -2.12. The van der Waals surface area contributed by atoms with E-state index in [1.807, 2.05) is 0 Å². The largest absolute Gasteiger partial charge is 0.573 e. The van der Waals surface area contributed by atoms with Crippen molar-refractivity contribution in [3.8, 4) is 5.75 Å². The molecule has 0 saturated carbocycles. The van der Waals surface area contributed by atoms with Crippen LogP contribution in [-0.4, -0.2) is 12.1 Å². The highest BCUT2D eigenvalue weighted by Crippen LogP contribution is 2.32. The molecule has 0 saturated heterocycles. The number of alkyl halides is 3. The molecule has 1 N–H and O–H groups in total. The van der Waals surface area contributed by atoms with Gasteiger partial charge in [-0.1, -0.05) is 0 Å². The molecule has 0 bridgehead atoms. The van der Waals surface area contributed by atoms with E-state index in [4.69, 9.17) is 0 Å². The van der Waals surface area contributed by atoms with E-state index in [9.17, 15) is 18.1 Å². The predicted octanol–water partition coefficient (Wildman–Crippen LogP) is 3.79. The van der Waals surface area contributed by atoms with E-state index >= 15 is 0 Å². The van der Waals surface area contributed by atoms with Crippen molar-refractivity contribution in [1.82, 2.24) is 0 Å². The van der Waals surface area contributed by atoms with E-state index in [0.29, 0.717) is 5.71 Å². The zero-order chi connectivity index (χ0) is 13.8. The van der Waals surface area contributed by atoms with Crippen LogP contribution in [0.1, 0.15) is 13.8 Å². The van der Waals surface area contributed by atoms with Crippen molar-refractivity contribution in [2.24, 2.45) is 10.3 Å². The van der Waals surface area contributed by atoms with Crippen LogP contribution in [0.2, 0.25) is 0 Å². The van der Waals surface area contributed by atoms with Gasteiger partial charge in [-0.3, -0.25) is 5.43 Å². The van der Waals surface area contributed by atoms with Gasteiger partial charge in [-0.2, -0.15) is 5.10 Å². The van der Waals surface area contributed by atoms with Gasteiger partial charge in [0.25, 0.3) is 0 Å². The maximum atomic E-state index is 12.0. The second kappa shape index (κ2) is 5.48. The molecule has 0 aliphatic carbocycles. The standard InChI is InChI=1S/C10H10F3N3O2/c1-6(2)14-15-8-4-3-7(5-9(8)16-17)18-10(11,12)13/h3-5,15H,1-2H3. The first kappa shape index (κ1) is 13.9. The molecule has 0 aliphatic heterocycles. The van der Waals surface area contributed by atoms with Gasteiger partial charge in [0.2, 0.25) is 0 Å². The van der Waals surface area contributed by atoms with Crippen molar-refractivity contribution in [1.29, 1.82) is 0 Å². The van der Waals surface area contributed by atoms with Crippen molar-refractivity contribution < 1.29 is 17.9 Å². The number of nitrogens with one attached hydrogen (secondary N) is 1. The summed E-state index contributed by atoms with van der Waals surface area (Å²) >= 11 is 0. The third-order valence-corrected chi connectivity index (χ3v) is 1.70. The molecule has 0 aliphatic rings. The fourth-order valence-electron chi connectivity index (χ4n) is 1.05. The number of halogens is 3. The number of nitrogens with zero attached hydrogens (tertiary/aromatic N) is 2. The minimum atomic E-state index is -4.81.